The Kier molecular flexibility index (Phi) is 16.0. The van der Waals surface area contributed by atoms with Gasteiger partial charge < -0.3 is 49.1 Å². The molecule has 0 rings (SSSR count). The molecule has 0 aromatic heterocycles. The molecule has 0 saturated heterocycles. The van der Waals surface area contributed by atoms with Gasteiger partial charge in [-0.25, -0.2) is 4.79 Å². The predicted octanol–water partition coefficient (Wildman–Crippen LogP) is -2.54. The van der Waals surface area contributed by atoms with Crippen molar-refractivity contribution in [2.24, 2.45) is 33.8 Å². The number of hydrogen-bond donors (Lipinski definition) is 9. The highest BCUT2D eigenvalue weighted by Gasteiger charge is 2.31. The molecular formula is C22H44N8O6. The van der Waals surface area contributed by atoms with Gasteiger partial charge in [0.15, 0.2) is 5.96 Å². The van der Waals surface area contributed by atoms with E-state index in [0.717, 1.165) is 0 Å². The summed E-state index contributed by atoms with van der Waals surface area (Å²) < 4.78 is 0. The number of aliphatic carboxylic acids is 1. The zero-order valence-electron chi connectivity index (χ0n) is 21.4. The summed E-state index contributed by atoms with van der Waals surface area (Å²) in [6, 6.07) is -4.54. The number of carboxylic acids is 1. The van der Waals surface area contributed by atoms with Gasteiger partial charge in [-0.2, -0.15) is 0 Å². The van der Waals surface area contributed by atoms with Crippen molar-refractivity contribution in [1.82, 2.24) is 16.0 Å². The van der Waals surface area contributed by atoms with E-state index in [1.54, 1.807) is 0 Å². The molecule has 36 heavy (non-hydrogen) atoms. The molecule has 0 aromatic rings. The van der Waals surface area contributed by atoms with E-state index in [0.29, 0.717) is 25.8 Å². The van der Waals surface area contributed by atoms with Crippen molar-refractivity contribution in [3.8, 4) is 0 Å². The van der Waals surface area contributed by atoms with Crippen LogP contribution in [0, 0.1) is 5.92 Å². The Bertz CT molecular complexity index is 742. The summed E-state index contributed by atoms with van der Waals surface area (Å²) in [4.78, 5) is 53.9. The number of rotatable bonds is 18. The second-order valence-corrected chi connectivity index (χ2v) is 9.15. The number of carbonyl (C=O) groups excluding carboxylic acids is 3. The van der Waals surface area contributed by atoms with E-state index in [-0.39, 0.29) is 37.7 Å². The van der Waals surface area contributed by atoms with Crippen molar-refractivity contribution < 1.29 is 29.4 Å². The largest absolute Gasteiger partial charge is 0.480 e. The lowest BCUT2D eigenvalue weighted by Crippen LogP contribution is -2.58. The van der Waals surface area contributed by atoms with Gasteiger partial charge in [0.2, 0.25) is 17.7 Å². The van der Waals surface area contributed by atoms with Gasteiger partial charge in [0, 0.05) is 6.54 Å². The van der Waals surface area contributed by atoms with Crippen LogP contribution in [0.3, 0.4) is 0 Å². The Morgan fingerprint density at radius 2 is 1.36 bits per heavy atom. The number of hydrogen-bond acceptors (Lipinski definition) is 8. The number of unbranched alkanes of at least 4 members (excludes halogenated alkanes) is 1. The van der Waals surface area contributed by atoms with E-state index in [1.807, 2.05) is 13.8 Å². The molecule has 0 aromatic carbocycles. The summed E-state index contributed by atoms with van der Waals surface area (Å²) in [7, 11) is 0. The van der Waals surface area contributed by atoms with Crippen LogP contribution in [0.5, 0.6) is 0 Å². The Labute approximate surface area is 212 Å². The van der Waals surface area contributed by atoms with Crippen LogP contribution in [0.4, 0.5) is 0 Å². The molecule has 208 valence electrons. The third-order valence-electron chi connectivity index (χ3n) is 5.30. The number of carboxylic acid groups (broad SMARTS) is 1. The first-order valence-electron chi connectivity index (χ1n) is 12.1. The van der Waals surface area contributed by atoms with Crippen molar-refractivity contribution in [3.05, 3.63) is 0 Å². The van der Waals surface area contributed by atoms with Gasteiger partial charge in [-0.1, -0.05) is 13.8 Å². The van der Waals surface area contributed by atoms with Gasteiger partial charge >= 0.3 is 5.97 Å². The van der Waals surface area contributed by atoms with Crippen molar-refractivity contribution in [3.63, 3.8) is 0 Å². The molecule has 0 bridgehead atoms. The molecule has 0 aliphatic rings. The number of aliphatic imine (C=N–C) groups is 1. The first-order valence-corrected chi connectivity index (χ1v) is 12.1. The summed E-state index contributed by atoms with van der Waals surface area (Å²) >= 11 is 0. The second kappa shape index (κ2) is 17.5. The molecule has 3 amide bonds. The number of guanidine groups is 1. The van der Waals surface area contributed by atoms with Crippen LogP contribution in [0.1, 0.15) is 59.3 Å². The third kappa shape index (κ3) is 13.8. The van der Waals surface area contributed by atoms with Crippen LogP contribution in [-0.4, -0.2) is 83.2 Å². The van der Waals surface area contributed by atoms with Crippen molar-refractivity contribution in [2.75, 3.05) is 13.1 Å². The molecule has 0 radical (unpaired) electrons. The smallest absolute Gasteiger partial charge is 0.326 e. The van der Waals surface area contributed by atoms with Crippen LogP contribution in [0.15, 0.2) is 4.99 Å². The topological polar surface area (TPSA) is 261 Å². The van der Waals surface area contributed by atoms with Crippen molar-refractivity contribution in [2.45, 2.75) is 89.6 Å². The fourth-order valence-electron chi connectivity index (χ4n) is 3.26. The number of nitrogens with two attached hydrogens (primary N) is 4. The predicted molar refractivity (Wildman–Crippen MR) is 135 cm³/mol. The summed E-state index contributed by atoms with van der Waals surface area (Å²) in [5, 5.41) is 26.7. The number of nitrogens with one attached hydrogen (secondary N) is 3. The summed E-state index contributed by atoms with van der Waals surface area (Å²) in [6.45, 7) is 5.63. The number of nitrogens with zero attached hydrogens (tertiary/aromatic N) is 1. The Hall–Kier alpha value is -2.97. The average molecular weight is 517 g/mol. The number of aliphatic hydroxyl groups excluding tert-OH is 1. The van der Waals surface area contributed by atoms with E-state index >= 15 is 0 Å². The van der Waals surface area contributed by atoms with Crippen molar-refractivity contribution in [1.29, 1.82) is 0 Å². The highest BCUT2D eigenvalue weighted by atomic mass is 16.4. The molecular weight excluding hydrogens is 472 g/mol. The molecule has 14 nitrogen and oxygen atoms in total. The molecule has 0 fully saturated rings. The molecule has 5 unspecified atom stereocenters. The molecule has 13 N–H and O–H groups in total. The summed E-state index contributed by atoms with van der Waals surface area (Å²) in [5.74, 6) is -3.39. The van der Waals surface area contributed by atoms with Gasteiger partial charge in [-0.15, -0.1) is 0 Å². The maximum atomic E-state index is 13.1. The minimum atomic E-state index is -1.24. The van der Waals surface area contributed by atoms with Crippen LogP contribution in [0.25, 0.3) is 0 Å². The minimum absolute atomic E-state index is 0.00287. The van der Waals surface area contributed by atoms with Crippen LogP contribution in [-0.2, 0) is 19.2 Å². The number of aliphatic hydroxyl groups is 1. The molecule has 0 saturated carbocycles. The fourth-order valence-corrected chi connectivity index (χ4v) is 3.26. The fraction of sp³-hybridized carbons (Fsp3) is 0.773. The SMILES string of the molecule is CC(C)CC(NC(=O)C(N)C(C)O)C(=O)NC(CCCN=C(N)N)C(=O)NC(CCCCN)C(=O)O. The molecule has 14 heteroatoms. The van der Waals surface area contributed by atoms with Gasteiger partial charge in [-0.3, -0.25) is 19.4 Å². The van der Waals surface area contributed by atoms with Gasteiger partial charge in [0.25, 0.3) is 0 Å². The Morgan fingerprint density at radius 1 is 0.833 bits per heavy atom. The Morgan fingerprint density at radius 3 is 1.86 bits per heavy atom. The van der Waals surface area contributed by atoms with Gasteiger partial charge in [-0.05, 0) is 57.9 Å². The van der Waals surface area contributed by atoms with Crippen LogP contribution >= 0.6 is 0 Å². The minimum Gasteiger partial charge on any atom is -0.480 e. The third-order valence-corrected chi connectivity index (χ3v) is 5.30. The first-order chi connectivity index (χ1) is 16.8. The highest BCUT2D eigenvalue weighted by Crippen LogP contribution is 2.09. The first kappa shape index (κ1) is 33.0. The monoisotopic (exact) mass is 516 g/mol. The van der Waals surface area contributed by atoms with Gasteiger partial charge in [0.05, 0.1) is 6.10 Å². The molecule has 0 aliphatic carbocycles. The molecule has 5 atom stereocenters. The second-order valence-electron chi connectivity index (χ2n) is 9.15. The number of amides is 3. The van der Waals surface area contributed by atoms with Gasteiger partial charge in [0.1, 0.15) is 24.2 Å². The normalized spacial score (nSPS) is 15.2. The zero-order chi connectivity index (χ0) is 27.8. The standard InChI is InChI=1S/C22H44N8O6/c1-12(2)11-16(30-20(34)17(24)13(3)31)19(33)28-14(8-6-10-27-22(25)26)18(32)29-15(21(35)36)7-4-5-9-23/h12-17,31H,4-11,23-24H2,1-3H3,(H,28,33)(H,29,32)(H,30,34)(H,35,36)(H4,25,26,27). The summed E-state index contributed by atoms with van der Waals surface area (Å²) in [5.41, 5.74) is 21.8. The number of carbonyl (C=O) groups is 4. The zero-order valence-corrected chi connectivity index (χ0v) is 21.4. The van der Waals surface area contributed by atoms with E-state index in [9.17, 15) is 29.4 Å². The average Bonchev–Trinajstić information content (AvgIpc) is 2.78. The molecule has 0 aliphatic heterocycles. The summed E-state index contributed by atoms with van der Waals surface area (Å²) in [6.07, 6.45) is 0.813. The maximum Gasteiger partial charge on any atom is 0.326 e. The van der Waals surface area contributed by atoms with Crippen LogP contribution in [0.2, 0.25) is 0 Å². The van der Waals surface area contributed by atoms with Crippen molar-refractivity contribution >= 4 is 29.7 Å². The van der Waals surface area contributed by atoms with E-state index in [1.165, 1.54) is 6.92 Å². The maximum absolute atomic E-state index is 13.1. The molecule has 0 heterocycles. The highest BCUT2D eigenvalue weighted by molar-refractivity contribution is 5.94. The van der Waals surface area contributed by atoms with E-state index in [4.69, 9.17) is 22.9 Å². The lowest BCUT2D eigenvalue weighted by Gasteiger charge is -2.26. The van der Waals surface area contributed by atoms with E-state index in [2.05, 4.69) is 20.9 Å². The lowest BCUT2D eigenvalue weighted by atomic mass is 10.0. The van der Waals surface area contributed by atoms with E-state index < -0.39 is 54.0 Å². The Balaban J connectivity index is 5.61. The lowest BCUT2D eigenvalue weighted by molar-refractivity contribution is -0.142. The van der Waals surface area contributed by atoms with Crippen LogP contribution < -0.4 is 38.9 Å². The quantitative estimate of drug-likeness (QED) is 0.0523. The molecule has 0 spiro atoms.